The van der Waals surface area contributed by atoms with Crippen molar-refractivity contribution >= 4 is 16.5 Å². The lowest BCUT2D eigenvalue weighted by Gasteiger charge is -2.19. The van der Waals surface area contributed by atoms with E-state index < -0.39 is 0 Å². The van der Waals surface area contributed by atoms with E-state index in [1.165, 1.54) is 16.9 Å². The van der Waals surface area contributed by atoms with Gasteiger partial charge in [0, 0.05) is 11.8 Å². The summed E-state index contributed by atoms with van der Waals surface area (Å²) in [4.78, 5) is 5.16. The predicted octanol–water partition coefficient (Wildman–Crippen LogP) is 2.72. The molecule has 2 aromatic rings. The molecule has 2 N–H and O–H groups in total. The first-order chi connectivity index (χ1) is 7.84. The third kappa shape index (κ3) is 1.55. The summed E-state index contributed by atoms with van der Waals surface area (Å²) in [6.07, 6.45) is 4.01. The van der Waals surface area contributed by atoms with Crippen LogP contribution in [-0.4, -0.2) is 11.6 Å². The second-order valence-electron chi connectivity index (χ2n) is 3.81. The number of aromatic nitrogens is 1. The molecule has 0 fully saturated rings. The summed E-state index contributed by atoms with van der Waals surface area (Å²) < 4.78 is 5.76. The SMILES string of the molecule is Nc1ncc(-c2cccc3c2OCCC3)s1. The molecule has 3 rings (SSSR count). The molecule has 1 aliphatic heterocycles. The van der Waals surface area contributed by atoms with Crippen molar-refractivity contribution in [3.05, 3.63) is 30.0 Å². The fourth-order valence-corrected chi connectivity index (χ4v) is 2.70. The molecule has 1 aromatic heterocycles. The van der Waals surface area contributed by atoms with Gasteiger partial charge in [-0.2, -0.15) is 0 Å². The zero-order valence-electron chi connectivity index (χ0n) is 8.77. The fraction of sp³-hybridized carbons (Fsp3) is 0.250. The van der Waals surface area contributed by atoms with Gasteiger partial charge in [-0.1, -0.05) is 23.5 Å². The number of nitrogens with two attached hydrogens (primary N) is 1. The second kappa shape index (κ2) is 3.79. The topological polar surface area (TPSA) is 48.1 Å². The van der Waals surface area contributed by atoms with E-state index in [4.69, 9.17) is 10.5 Å². The lowest BCUT2D eigenvalue weighted by molar-refractivity contribution is 0.290. The van der Waals surface area contributed by atoms with Crippen LogP contribution < -0.4 is 10.5 Å². The highest BCUT2D eigenvalue weighted by atomic mass is 32.1. The summed E-state index contributed by atoms with van der Waals surface area (Å²) in [5, 5.41) is 0.600. The summed E-state index contributed by atoms with van der Waals surface area (Å²) in [7, 11) is 0. The number of benzene rings is 1. The van der Waals surface area contributed by atoms with Gasteiger partial charge in [0.15, 0.2) is 5.13 Å². The highest BCUT2D eigenvalue weighted by molar-refractivity contribution is 7.18. The summed E-state index contributed by atoms with van der Waals surface area (Å²) in [6, 6.07) is 6.26. The minimum absolute atomic E-state index is 0.600. The molecule has 0 aliphatic carbocycles. The molecule has 1 aliphatic rings. The third-order valence-corrected chi connectivity index (χ3v) is 3.58. The zero-order valence-corrected chi connectivity index (χ0v) is 9.59. The summed E-state index contributed by atoms with van der Waals surface area (Å²) in [5.74, 6) is 1.01. The van der Waals surface area contributed by atoms with Crippen molar-refractivity contribution in [3.63, 3.8) is 0 Å². The van der Waals surface area contributed by atoms with Crippen LogP contribution in [0.4, 0.5) is 5.13 Å². The molecule has 0 unspecified atom stereocenters. The Morgan fingerprint density at radius 3 is 3.12 bits per heavy atom. The van der Waals surface area contributed by atoms with Crippen LogP contribution in [0.25, 0.3) is 10.4 Å². The van der Waals surface area contributed by atoms with E-state index in [1.807, 2.05) is 6.20 Å². The molecular weight excluding hydrogens is 220 g/mol. The molecule has 0 amide bonds. The average Bonchev–Trinajstić information content (AvgIpc) is 2.75. The maximum absolute atomic E-state index is 5.76. The van der Waals surface area contributed by atoms with Gasteiger partial charge in [-0.15, -0.1) is 0 Å². The molecule has 0 saturated heterocycles. The second-order valence-corrected chi connectivity index (χ2v) is 4.87. The van der Waals surface area contributed by atoms with Gasteiger partial charge in [-0.05, 0) is 24.5 Å². The smallest absolute Gasteiger partial charge is 0.180 e. The Morgan fingerprint density at radius 1 is 1.38 bits per heavy atom. The van der Waals surface area contributed by atoms with Gasteiger partial charge in [-0.3, -0.25) is 0 Å². The van der Waals surface area contributed by atoms with Crippen molar-refractivity contribution in [3.8, 4) is 16.2 Å². The highest BCUT2D eigenvalue weighted by Gasteiger charge is 2.16. The van der Waals surface area contributed by atoms with Crippen molar-refractivity contribution in [2.75, 3.05) is 12.3 Å². The van der Waals surface area contributed by atoms with E-state index in [-0.39, 0.29) is 0 Å². The summed E-state index contributed by atoms with van der Waals surface area (Å²) in [6.45, 7) is 0.804. The van der Waals surface area contributed by atoms with Gasteiger partial charge in [0.05, 0.1) is 11.5 Å². The molecule has 0 saturated carbocycles. The highest BCUT2D eigenvalue weighted by Crippen LogP contribution is 2.38. The number of nitrogen functional groups attached to an aromatic ring is 1. The Balaban J connectivity index is 2.13. The van der Waals surface area contributed by atoms with E-state index >= 15 is 0 Å². The number of aryl methyl sites for hydroxylation is 1. The van der Waals surface area contributed by atoms with Crippen molar-refractivity contribution in [2.24, 2.45) is 0 Å². The quantitative estimate of drug-likeness (QED) is 0.822. The number of para-hydroxylation sites is 1. The third-order valence-electron chi connectivity index (χ3n) is 2.72. The van der Waals surface area contributed by atoms with Crippen molar-refractivity contribution in [1.29, 1.82) is 0 Å². The first-order valence-electron chi connectivity index (χ1n) is 5.31. The van der Waals surface area contributed by atoms with Crippen LogP contribution in [0.1, 0.15) is 12.0 Å². The Bertz CT molecular complexity index is 521. The van der Waals surface area contributed by atoms with Crippen LogP contribution in [0.5, 0.6) is 5.75 Å². The lowest BCUT2D eigenvalue weighted by Crippen LogP contribution is -2.08. The molecule has 0 atom stereocenters. The summed E-state index contributed by atoms with van der Waals surface area (Å²) in [5.41, 5.74) is 8.06. The zero-order chi connectivity index (χ0) is 11.0. The maximum atomic E-state index is 5.76. The van der Waals surface area contributed by atoms with Gasteiger partial charge in [0.25, 0.3) is 0 Å². The predicted molar refractivity (Wildman–Crippen MR) is 65.8 cm³/mol. The largest absolute Gasteiger partial charge is 0.493 e. The van der Waals surface area contributed by atoms with Crippen molar-refractivity contribution < 1.29 is 4.74 Å². The molecule has 1 aromatic carbocycles. The number of ether oxygens (including phenoxy) is 1. The Hall–Kier alpha value is -1.55. The molecule has 2 heterocycles. The monoisotopic (exact) mass is 232 g/mol. The number of rotatable bonds is 1. The average molecular weight is 232 g/mol. The molecule has 16 heavy (non-hydrogen) atoms. The van der Waals surface area contributed by atoms with E-state index in [1.54, 1.807) is 0 Å². The molecule has 3 nitrogen and oxygen atoms in total. The number of hydrogen-bond acceptors (Lipinski definition) is 4. The molecular formula is C12H12N2OS. The number of nitrogens with zero attached hydrogens (tertiary/aromatic N) is 1. The van der Waals surface area contributed by atoms with Gasteiger partial charge in [-0.25, -0.2) is 4.98 Å². The first-order valence-corrected chi connectivity index (χ1v) is 6.12. The maximum Gasteiger partial charge on any atom is 0.180 e. The van der Waals surface area contributed by atoms with Gasteiger partial charge < -0.3 is 10.5 Å². The number of hydrogen-bond donors (Lipinski definition) is 1. The van der Waals surface area contributed by atoms with E-state index in [9.17, 15) is 0 Å². The normalized spacial score (nSPS) is 14.2. The minimum atomic E-state index is 0.600. The van der Waals surface area contributed by atoms with Crippen LogP contribution in [-0.2, 0) is 6.42 Å². The fourth-order valence-electron chi connectivity index (χ4n) is 2.00. The van der Waals surface area contributed by atoms with Crippen molar-refractivity contribution in [2.45, 2.75) is 12.8 Å². The Morgan fingerprint density at radius 2 is 2.31 bits per heavy atom. The van der Waals surface area contributed by atoms with Gasteiger partial charge in [0.1, 0.15) is 5.75 Å². The minimum Gasteiger partial charge on any atom is -0.493 e. The van der Waals surface area contributed by atoms with Gasteiger partial charge in [0.2, 0.25) is 0 Å². The Labute approximate surface area is 97.9 Å². The van der Waals surface area contributed by atoms with Crippen LogP contribution in [0, 0.1) is 0 Å². The van der Waals surface area contributed by atoms with E-state index in [0.29, 0.717) is 5.13 Å². The lowest BCUT2D eigenvalue weighted by atomic mass is 10.0. The Kier molecular flexibility index (Phi) is 2.29. The standard InChI is InChI=1S/C12H12N2OS/c13-12-14-7-10(16-12)9-5-1-3-8-4-2-6-15-11(8)9/h1,3,5,7H,2,4,6H2,(H2,13,14). The number of fused-ring (bicyclic) bond motifs is 1. The number of anilines is 1. The van der Waals surface area contributed by atoms with Crippen LogP contribution in [0.3, 0.4) is 0 Å². The van der Waals surface area contributed by atoms with Crippen LogP contribution in [0.15, 0.2) is 24.4 Å². The van der Waals surface area contributed by atoms with Crippen LogP contribution >= 0.6 is 11.3 Å². The van der Waals surface area contributed by atoms with Crippen LogP contribution in [0.2, 0.25) is 0 Å². The van der Waals surface area contributed by atoms with E-state index in [2.05, 4.69) is 23.2 Å². The molecule has 0 bridgehead atoms. The first kappa shape index (κ1) is 9.66. The number of thiazole rings is 1. The molecule has 0 radical (unpaired) electrons. The van der Waals surface area contributed by atoms with E-state index in [0.717, 1.165) is 35.6 Å². The van der Waals surface area contributed by atoms with Gasteiger partial charge >= 0.3 is 0 Å². The van der Waals surface area contributed by atoms with Crippen molar-refractivity contribution in [1.82, 2.24) is 4.98 Å². The molecule has 82 valence electrons. The molecule has 4 heteroatoms. The molecule has 0 spiro atoms. The summed E-state index contributed by atoms with van der Waals surface area (Å²) >= 11 is 1.50.